The molecule has 1 heterocycles. The van der Waals surface area contributed by atoms with Crippen LogP contribution in [-0.2, 0) is 0 Å². The molecule has 0 saturated heterocycles. The minimum Gasteiger partial charge on any atom is -0.445 e. The minimum absolute atomic E-state index is 0.723. The monoisotopic (exact) mass is 147 g/mol. The van der Waals surface area contributed by atoms with Crippen LogP contribution in [-0.4, -0.2) is 4.98 Å². The van der Waals surface area contributed by atoms with Crippen molar-refractivity contribution < 1.29 is 4.42 Å². The third kappa shape index (κ3) is 1.24. The average Bonchev–Trinajstić information content (AvgIpc) is 2.58. The number of hydrogen-bond donors (Lipinski definition) is 0. The van der Waals surface area contributed by atoms with E-state index in [9.17, 15) is 0 Å². The lowest BCUT2D eigenvalue weighted by Gasteiger charge is -2.00. The second-order valence-electron chi connectivity index (χ2n) is 2.48. The zero-order chi connectivity index (χ0) is 7.52. The summed E-state index contributed by atoms with van der Waals surface area (Å²) in [5.74, 6) is 0.723. The minimum atomic E-state index is 0.723. The maximum atomic E-state index is 5.14. The molecular weight excluding hydrogens is 138 g/mol. The van der Waals surface area contributed by atoms with Crippen LogP contribution in [0.2, 0.25) is 0 Å². The summed E-state index contributed by atoms with van der Waals surface area (Å²) in [7, 11) is 0. The van der Waals surface area contributed by atoms with Crippen molar-refractivity contribution in [2.24, 2.45) is 0 Å². The zero-order valence-corrected chi connectivity index (χ0v) is 6.16. The van der Waals surface area contributed by atoms with Gasteiger partial charge in [-0.25, -0.2) is 4.98 Å². The van der Waals surface area contributed by atoms with Gasteiger partial charge >= 0.3 is 0 Å². The highest BCUT2D eigenvalue weighted by Gasteiger charge is 2.03. The first kappa shape index (κ1) is 6.40. The molecule has 0 saturated carbocycles. The summed E-state index contributed by atoms with van der Waals surface area (Å²) in [5, 5.41) is 0. The Bertz CT molecular complexity index is 283. The number of oxazole rings is 1. The first-order chi connectivity index (χ1) is 5.47. The fraction of sp³-hybridized carbons (Fsp3) is 0.222. The second kappa shape index (κ2) is 2.74. The molecule has 0 radical (unpaired) electrons. The molecule has 0 aliphatic heterocycles. The van der Waals surface area contributed by atoms with Crippen molar-refractivity contribution >= 4 is 5.57 Å². The molecule has 1 aromatic rings. The Kier molecular flexibility index (Phi) is 1.60. The Morgan fingerprint density at radius 1 is 1.36 bits per heavy atom. The predicted molar refractivity (Wildman–Crippen MR) is 42.9 cm³/mol. The molecule has 2 rings (SSSR count). The summed E-state index contributed by atoms with van der Waals surface area (Å²) in [6.07, 6.45) is 11.8. The lowest BCUT2D eigenvalue weighted by molar-refractivity contribution is 0.543. The van der Waals surface area contributed by atoms with E-state index < -0.39 is 0 Å². The van der Waals surface area contributed by atoms with Crippen LogP contribution in [0.15, 0.2) is 35.1 Å². The summed E-state index contributed by atoms with van der Waals surface area (Å²) in [4.78, 5) is 4.05. The summed E-state index contributed by atoms with van der Waals surface area (Å²) >= 11 is 0. The van der Waals surface area contributed by atoms with Gasteiger partial charge in [-0.1, -0.05) is 18.2 Å². The molecule has 2 nitrogen and oxygen atoms in total. The van der Waals surface area contributed by atoms with Crippen molar-refractivity contribution in [3.05, 3.63) is 36.6 Å². The standard InChI is InChI=1S/C9H9NO/c1-2-4-8(5-3-1)9-10-6-7-11-9/h2,4-7H,1,3H2. The lowest BCUT2D eigenvalue weighted by atomic mass is 10.1. The van der Waals surface area contributed by atoms with Gasteiger partial charge in [-0.3, -0.25) is 0 Å². The highest BCUT2D eigenvalue weighted by Crippen LogP contribution is 2.18. The van der Waals surface area contributed by atoms with Gasteiger partial charge in [0.2, 0.25) is 5.89 Å². The Hall–Kier alpha value is -1.31. The van der Waals surface area contributed by atoms with Gasteiger partial charge in [-0.2, -0.15) is 0 Å². The number of aromatic nitrogens is 1. The summed E-state index contributed by atoms with van der Waals surface area (Å²) in [6, 6.07) is 0. The van der Waals surface area contributed by atoms with E-state index in [1.807, 2.05) is 0 Å². The molecule has 0 amide bonds. The molecule has 0 spiro atoms. The maximum absolute atomic E-state index is 5.14. The van der Waals surface area contributed by atoms with Crippen molar-refractivity contribution in [2.75, 3.05) is 0 Å². The van der Waals surface area contributed by atoms with Crippen molar-refractivity contribution in [3.63, 3.8) is 0 Å². The molecule has 0 bridgehead atoms. The van der Waals surface area contributed by atoms with Crippen LogP contribution in [0.5, 0.6) is 0 Å². The molecule has 1 aliphatic carbocycles. The first-order valence-electron chi connectivity index (χ1n) is 3.73. The van der Waals surface area contributed by atoms with Crippen LogP contribution >= 0.6 is 0 Å². The van der Waals surface area contributed by atoms with Gasteiger partial charge in [0.1, 0.15) is 6.26 Å². The van der Waals surface area contributed by atoms with Crippen LogP contribution in [0.4, 0.5) is 0 Å². The van der Waals surface area contributed by atoms with Crippen LogP contribution < -0.4 is 0 Å². The van der Waals surface area contributed by atoms with Crippen molar-refractivity contribution in [1.82, 2.24) is 4.98 Å². The maximum Gasteiger partial charge on any atom is 0.225 e. The van der Waals surface area contributed by atoms with E-state index in [-0.39, 0.29) is 0 Å². The largest absolute Gasteiger partial charge is 0.445 e. The third-order valence-electron chi connectivity index (χ3n) is 1.67. The van der Waals surface area contributed by atoms with Crippen molar-refractivity contribution in [1.29, 1.82) is 0 Å². The van der Waals surface area contributed by atoms with Crippen LogP contribution in [0.25, 0.3) is 5.57 Å². The summed E-state index contributed by atoms with van der Waals surface area (Å²) < 4.78 is 5.14. The highest BCUT2D eigenvalue weighted by atomic mass is 16.3. The van der Waals surface area contributed by atoms with Gasteiger partial charge in [0.05, 0.1) is 6.20 Å². The van der Waals surface area contributed by atoms with E-state index in [0.29, 0.717) is 0 Å². The van der Waals surface area contributed by atoms with E-state index in [1.54, 1.807) is 12.5 Å². The third-order valence-corrected chi connectivity index (χ3v) is 1.67. The van der Waals surface area contributed by atoms with Gasteiger partial charge in [0.15, 0.2) is 0 Å². The molecule has 0 fully saturated rings. The van der Waals surface area contributed by atoms with Gasteiger partial charge in [-0.15, -0.1) is 0 Å². The SMILES string of the molecule is C1=CC(c2ncco2)=CCC1. The molecule has 1 aliphatic rings. The first-order valence-corrected chi connectivity index (χ1v) is 3.73. The molecular formula is C9H9NO. The number of nitrogens with zero attached hydrogens (tertiary/aromatic N) is 1. The fourth-order valence-electron chi connectivity index (χ4n) is 1.14. The van der Waals surface area contributed by atoms with Crippen LogP contribution in [0.1, 0.15) is 18.7 Å². The molecule has 0 N–H and O–H groups in total. The smallest absolute Gasteiger partial charge is 0.225 e. The van der Waals surface area contributed by atoms with Gasteiger partial charge in [0, 0.05) is 5.57 Å². The molecule has 0 atom stereocenters. The Balaban J connectivity index is 2.29. The predicted octanol–water partition coefficient (Wildman–Crippen LogP) is 2.41. The molecule has 0 aromatic carbocycles. The zero-order valence-electron chi connectivity index (χ0n) is 6.16. The van der Waals surface area contributed by atoms with Gasteiger partial charge in [-0.05, 0) is 12.8 Å². The van der Waals surface area contributed by atoms with E-state index >= 15 is 0 Å². The number of allylic oxidation sites excluding steroid dienone is 4. The van der Waals surface area contributed by atoms with E-state index in [4.69, 9.17) is 4.42 Å². The summed E-state index contributed by atoms with van der Waals surface area (Å²) in [5.41, 5.74) is 1.10. The quantitative estimate of drug-likeness (QED) is 0.609. The highest BCUT2D eigenvalue weighted by molar-refractivity contribution is 5.69. The summed E-state index contributed by atoms with van der Waals surface area (Å²) in [6.45, 7) is 0. The van der Waals surface area contributed by atoms with E-state index in [2.05, 4.69) is 23.2 Å². The van der Waals surface area contributed by atoms with Gasteiger partial charge < -0.3 is 4.42 Å². The second-order valence-corrected chi connectivity index (χ2v) is 2.48. The molecule has 2 heteroatoms. The molecule has 11 heavy (non-hydrogen) atoms. The lowest BCUT2D eigenvalue weighted by Crippen LogP contribution is -1.84. The Morgan fingerprint density at radius 2 is 2.36 bits per heavy atom. The Labute approximate surface area is 65.2 Å². The molecule has 0 unspecified atom stereocenters. The van der Waals surface area contributed by atoms with Crippen molar-refractivity contribution in [2.45, 2.75) is 12.8 Å². The number of rotatable bonds is 1. The van der Waals surface area contributed by atoms with E-state index in [0.717, 1.165) is 24.3 Å². The Morgan fingerprint density at radius 3 is 3.00 bits per heavy atom. The van der Waals surface area contributed by atoms with Crippen LogP contribution in [0.3, 0.4) is 0 Å². The number of hydrogen-bond acceptors (Lipinski definition) is 2. The van der Waals surface area contributed by atoms with Gasteiger partial charge in [0.25, 0.3) is 0 Å². The topological polar surface area (TPSA) is 26.0 Å². The van der Waals surface area contributed by atoms with Crippen molar-refractivity contribution in [3.8, 4) is 0 Å². The van der Waals surface area contributed by atoms with Crippen LogP contribution in [0, 0.1) is 0 Å². The normalized spacial score (nSPS) is 16.5. The molecule has 1 aromatic heterocycles. The average molecular weight is 147 g/mol. The molecule has 56 valence electrons. The van der Waals surface area contributed by atoms with E-state index in [1.165, 1.54) is 0 Å². The fourth-order valence-corrected chi connectivity index (χ4v) is 1.14.